The van der Waals surface area contributed by atoms with Crippen molar-refractivity contribution >= 4 is 12.0 Å². The third-order valence-electron chi connectivity index (χ3n) is 1.97. The van der Waals surface area contributed by atoms with Crippen LogP contribution in [0.5, 0.6) is 0 Å². The maximum absolute atomic E-state index is 11.3. The van der Waals surface area contributed by atoms with Crippen molar-refractivity contribution in [3.8, 4) is 0 Å². The molecule has 5 nitrogen and oxygen atoms in total. The van der Waals surface area contributed by atoms with E-state index in [9.17, 15) is 14.7 Å². The van der Waals surface area contributed by atoms with Gasteiger partial charge >= 0.3 is 6.03 Å². The quantitative estimate of drug-likeness (QED) is 0.678. The van der Waals surface area contributed by atoms with E-state index in [1.54, 1.807) is 0 Å². The zero-order chi connectivity index (χ0) is 12.7. The van der Waals surface area contributed by atoms with Gasteiger partial charge in [0, 0.05) is 6.54 Å². The van der Waals surface area contributed by atoms with Gasteiger partial charge in [0.15, 0.2) is 0 Å². The number of carboxylic acid groups (broad SMARTS) is 1. The highest BCUT2D eigenvalue weighted by Crippen LogP contribution is 2.03. The Morgan fingerprint density at radius 3 is 2.06 bits per heavy atom. The van der Waals surface area contributed by atoms with Gasteiger partial charge in [0.1, 0.15) is 0 Å². The van der Waals surface area contributed by atoms with Gasteiger partial charge in [-0.25, -0.2) is 4.79 Å². The van der Waals surface area contributed by atoms with Gasteiger partial charge < -0.3 is 20.5 Å². The van der Waals surface area contributed by atoms with Gasteiger partial charge in [-0.1, -0.05) is 27.7 Å². The lowest BCUT2D eigenvalue weighted by Crippen LogP contribution is -2.51. The first-order chi connectivity index (χ1) is 7.32. The molecule has 0 rings (SSSR count). The number of urea groups is 1. The molecule has 94 valence electrons. The molecule has 0 aromatic heterocycles. The van der Waals surface area contributed by atoms with Crippen LogP contribution in [0.2, 0.25) is 0 Å². The number of amides is 2. The number of rotatable bonds is 6. The van der Waals surface area contributed by atoms with E-state index in [4.69, 9.17) is 0 Å². The zero-order valence-electron chi connectivity index (χ0n) is 10.4. The summed E-state index contributed by atoms with van der Waals surface area (Å²) in [5.41, 5.74) is 0. The minimum Gasteiger partial charge on any atom is -0.548 e. The third kappa shape index (κ3) is 7.09. The number of hydrogen-bond acceptors (Lipinski definition) is 3. The van der Waals surface area contributed by atoms with Crippen molar-refractivity contribution in [2.75, 3.05) is 6.54 Å². The molecule has 16 heavy (non-hydrogen) atoms. The van der Waals surface area contributed by atoms with Gasteiger partial charge in [-0.05, 0) is 18.3 Å². The highest BCUT2D eigenvalue weighted by atomic mass is 16.4. The summed E-state index contributed by atoms with van der Waals surface area (Å²) in [7, 11) is 0. The molecule has 0 aliphatic heterocycles. The maximum atomic E-state index is 11.3. The smallest absolute Gasteiger partial charge is 0.315 e. The summed E-state index contributed by atoms with van der Waals surface area (Å²) in [6.45, 7) is 8.23. The molecule has 0 aliphatic carbocycles. The number of carbonyl (C=O) groups is 2. The van der Waals surface area contributed by atoms with Gasteiger partial charge in [-0.2, -0.15) is 0 Å². The summed E-state index contributed by atoms with van der Waals surface area (Å²) < 4.78 is 0. The first-order valence-electron chi connectivity index (χ1n) is 5.58. The fraction of sp³-hybridized carbons (Fsp3) is 0.818. The Labute approximate surface area is 96.6 Å². The number of carboxylic acids is 1. The molecule has 2 N–H and O–H groups in total. The Balaban J connectivity index is 4.08. The molecule has 2 amide bonds. The van der Waals surface area contributed by atoms with E-state index >= 15 is 0 Å². The molecule has 0 aromatic rings. The molecule has 0 bridgehead atoms. The Morgan fingerprint density at radius 2 is 1.69 bits per heavy atom. The van der Waals surface area contributed by atoms with Crippen LogP contribution in [0.15, 0.2) is 0 Å². The van der Waals surface area contributed by atoms with Crippen molar-refractivity contribution in [2.24, 2.45) is 11.8 Å². The molecule has 0 heterocycles. The van der Waals surface area contributed by atoms with E-state index in [0.29, 0.717) is 18.9 Å². The Kier molecular flexibility index (Phi) is 6.53. The SMILES string of the molecule is CC(C)CNC(=O)N[C@H](CC(C)C)C(=O)[O-]. The van der Waals surface area contributed by atoms with E-state index < -0.39 is 18.0 Å². The Bertz CT molecular complexity index is 239. The molecule has 5 heteroatoms. The summed E-state index contributed by atoms with van der Waals surface area (Å²) in [5, 5.41) is 15.7. The Hall–Kier alpha value is -1.26. The van der Waals surface area contributed by atoms with Gasteiger partial charge in [-0.15, -0.1) is 0 Å². The lowest BCUT2D eigenvalue weighted by molar-refractivity contribution is -0.308. The van der Waals surface area contributed by atoms with E-state index in [1.807, 2.05) is 27.7 Å². The maximum Gasteiger partial charge on any atom is 0.315 e. The van der Waals surface area contributed by atoms with Crippen molar-refractivity contribution in [3.05, 3.63) is 0 Å². The Morgan fingerprint density at radius 1 is 1.12 bits per heavy atom. The van der Waals surface area contributed by atoms with Crippen LogP contribution >= 0.6 is 0 Å². The van der Waals surface area contributed by atoms with Crippen LogP contribution in [0.4, 0.5) is 4.79 Å². The topological polar surface area (TPSA) is 81.3 Å². The largest absolute Gasteiger partial charge is 0.548 e. The van der Waals surface area contributed by atoms with Crippen LogP contribution in [-0.2, 0) is 4.79 Å². The van der Waals surface area contributed by atoms with Crippen molar-refractivity contribution < 1.29 is 14.7 Å². The number of aliphatic carboxylic acids is 1. The van der Waals surface area contributed by atoms with Crippen LogP contribution in [0, 0.1) is 11.8 Å². The van der Waals surface area contributed by atoms with Crippen molar-refractivity contribution in [1.82, 2.24) is 10.6 Å². The predicted octanol–water partition coefficient (Wildman–Crippen LogP) is 0.106. The average molecular weight is 229 g/mol. The first-order valence-corrected chi connectivity index (χ1v) is 5.58. The standard InChI is InChI=1S/C11H22N2O3/c1-7(2)5-9(10(14)15)13-11(16)12-6-8(3)4/h7-9H,5-6H2,1-4H3,(H,14,15)(H2,12,13,16)/p-1/t9-/m1/s1. The molecule has 0 saturated carbocycles. The molecule has 0 radical (unpaired) electrons. The zero-order valence-corrected chi connectivity index (χ0v) is 10.4. The minimum atomic E-state index is -1.24. The number of hydrogen-bond donors (Lipinski definition) is 2. The molecule has 0 spiro atoms. The lowest BCUT2D eigenvalue weighted by Gasteiger charge is -2.22. The molecular formula is C11H21N2O3-. The molecule has 0 unspecified atom stereocenters. The van der Waals surface area contributed by atoms with Gasteiger partial charge in [0.05, 0.1) is 12.0 Å². The lowest BCUT2D eigenvalue weighted by atomic mass is 10.0. The van der Waals surface area contributed by atoms with Gasteiger partial charge in [0.2, 0.25) is 0 Å². The number of nitrogens with one attached hydrogen (secondary N) is 2. The van der Waals surface area contributed by atoms with Crippen molar-refractivity contribution in [3.63, 3.8) is 0 Å². The molecule has 0 saturated heterocycles. The van der Waals surface area contributed by atoms with Crippen LogP contribution in [0.25, 0.3) is 0 Å². The third-order valence-corrected chi connectivity index (χ3v) is 1.97. The fourth-order valence-corrected chi connectivity index (χ4v) is 1.19. The van der Waals surface area contributed by atoms with Gasteiger partial charge in [0.25, 0.3) is 0 Å². The number of carbonyl (C=O) groups excluding carboxylic acids is 2. The molecule has 0 aromatic carbocycles. The summed E-state index contributed by atoms with van der Waals surface area (Å²) in [6.07, 6.45) is 0.372. The summed E-state index contributed by atoms with van der Waals surface area (Å²) in [5.74, 6) is -0.723. The minimum absolute atomic E-state index is 0.188. The second-order valence-corrected chi connectivity index (χ2v) is 4.75. The molecule has 1 atom stereocenters. The van der Waals surface area contributed by atoms with E-state index in [2.05, 4.69) is 10.6 Å². The van der Waals surface area contributed by atoms with Crippen molar-refractivity contribution in [1.29, 1.82) is 0 Å². The van der Waals surface area contributed by atoms with E-state index in [-0.39, 0.29) is 5.92 Å². The monoisotopic (exact) mass is 229 g/mol. The summed E-state index contributed by atoms with van der Waals surface area (Å²) in [4.78, 5) is 22.1. The first kappa shape index (κ1) is 14.7. The van der Waals surface area contributed by atoms with Crippen LogP contribution < -0.4 is 15.7 Å². The molecular weight excluding hydrogens is 208 g/mol. The van der Waals surface area contributed by atoms with Gasteiger partial charge in [-0.3, -0.25) is 0 Å². The second-order valence-electron chi connectivity index (χ2n) is 4.75. The second kappa shape index (κ2) is 7.09. The highest BCUT2D eigenvalue weighted by Gasteiger charge is 2.14. The summed E-state index contributed by atoms with van der Waals surface area (Å²) >= 11 is 0. The molecule has 0 aliphatic rings. The normalized spacial score (nSPS) is 12.6. The average Bonchev–Trinajstić information content (AvgIpc) is 2.12. The van der Waals surface area contributed by atoms with Crippen LogP contribution in [0.3, 0.4) is 0 Å². The van der Waals surface area contributed by atoms with Crippen LogP contribution in [-0.4, -0.2) is 24.6 Å². The predicted molar refractivity (Wildman–Crippen MR) is 59.6 cm³/mol. The fourth-order valence-electron chi connectivity index (χ4n) is 1.19. The summed E-state index contributed by atoms with van der Waals surface area (Å²) in [6, 6.07) is -1.38. The highest BCUT2D eigenvalue weighted by molar-refractivity contribution is 5.81. The molecule has 0 fully saturated rings. The van der Waals surface area contributed by atoms with E-state index in [0.717, 1.165) is 0 Å². The van der Waals surface area contributed by atoms with Crippen molar-refractivity contribution in [2.45, 2.75) is 40.2 Å². The van der Waals surface area contributed by atoms with E-state index in [1.165, 1.54) is 0 Å². The van der Waals surface area contributed by atoms with Crippen LogP contribution in [0.1, 0.15) is 34.1 Å².